The zero-order valence-corrected chi connectivity index (χ0v) is 11.1. The lowest BCUT2D eigenvalue weighted by molar-refractivity contribution is 0.0537. The predicted molar refractivity (Wildman–Crippen MR) is 72.6 cm³/mol. The molecule has 0 spiro atoms. The maximum absolute atomic E-state index is 8.79. The van der Waals surface area contributed by atoms with Gasteiger partial charge in [-0.15, -0.1) is 0 Å². The first-order valence-electron chi connectivity index (χ1n) is 6.93. The fourth-order valence-electron chi connectivity index (χ4n) is 2.63. The number of fused-ring (bicyclic) bond motifs is 1. The molecule has 18 heavy (non-hydrogen) atoms. The number of para-hydroxylation sites is 1. The molecule has 0 fully saturated rings. The smallest absolute Gasteiger partial charge is 0.142 e. The van der Waals surface area contributed by atoms with E-state index in [1.54, 1.807) is 0 Å². The minimum absolute atomic E-state index is 0.302. The molecule has 1 N–H and O–H groups in total. The number of ether oxygens (including phenoxy) is 1. The van der Waals surface area contributed by atoms with Crippen LogP contribution >= 0.6 is 0 Å². The van der Waals surface area contributed by atoms with Gasteiger partial charge >= 0.3 is 0 Å². The van der Waals surface area contributed by atoms with E-state index in [9.17, 15) is 0 Å². The molecule has 0 unspecified atom stereocenters. The summed E-state index contributed by atoms with van der Waals surface area (Å²) in [6.07, 6.45) is 4.23. The standard InChI is InChI=1S/C15H23NO2/c1-2-14-13-8-4-5-9-15(13)18-12-16(14)10-6-3-7-11-17/h4-5,8-9,14,17H,2-3,6-7,10-12H2,1H3/t14-/m0/s1. The van der Waals surface area contributed by atoms with Crippen LogP contribution in [0.1, 0.15) is 44.2 Å². The Bertz CT molecular complexity index is 367. The Labute approximate surface area is 109 Å². The number of hydrogen-bond acceptors (Lipinski definition) is 3. The molecule has 0 saturated heterocycles. The largest absolute Gasteiger partial charge is 0.478 e. The zero-order valence-electron chi connectivity index (χ0n) is 11.1. The fraction of sp³-hybridized carbons (Fsp3) is 0.600. The van der Waals surface area contributed by atoms with Crippen molar-refractivity contribution in [3.05, 3.63) is 29.8 Å². The molecule has 0 saturated carbocycles. The molecule has 3 nitrogen and oxygen atoms in total. The highest BCUT2D eigenvalue weighted by Crippen LogP contribution is 2.35. The van der Waals surface area contributed by atoms with E-state index in [0.29, 0.717) is 19.4 Å². The maximum Gasteiger partial charge on any atom is 0.142 e. The molecule has 2 rings (SSSR count). The lowest BCUT2D eigenvalue weighted by Crippen LogP contribution is -2.37. The number of rotatable bonds is 6. The van der Waals surface area contributed by atoms with Crippen LogP contribution in [0, 0.1) is 0 Å². The van der Waals surface area contributed by atoms with Gasteiger partial charge in [0.2, 0.25) is 0 Å². The van der Waals surface area contributed by atoms with Crippen LogP contribution in [0.2, 0.25) is 0 Å². The topological polar surface area (TPSA) is 32.7 Å². The molecule has 1 atom stereocenters. The molecule has 0 radical (unpaired) electrons. The number of nitrogens with zero attached hydrogens (tertiary/aromatic N) is 1. The summed E-state index contributed by atoms with van der Waals surface area (Å²) in [5.74, 6) is 1.04. The summed E-state index contributed by atoms with van der Waals surface area (Å²) >= 11 is 0. The lowest BCUT2D eigenvalue weighted by Gasteiger charge is -2.36. The summed E-state index contributed by atoms with van der Waals surface area (Å²) in [5, 5.41) is 8.79. The second-order valence-corrected chi connectivity index (χ2v) is 4.83. The second-order valence-electron chi connectivity index (χ2n) is 4.83. The number of unbranched alkanes of at least 4 members (excludes halogenated alkanes) is 2. The van der Waals surface area contributed by atoms with Crippen LogP contribution in [-0.2, 0) is 0 Å². The normalized spacial score (nSPS) is 19.3. The van der Waals surface area contributed by atoms with Crippen molar-refractivity contribution >= 4 is 0 Å². The van der Waals surface area contributed by atoms with Crippen LogP contribution in [-0.4, -0.2) is 29.9 Å². The third kappa shape index (κ3) is 3.03. The van der Waals surface area contributed by atoms with Gasteiger partial charge in [-0.3, -0.25) is 4.90 Å². The second kappa shape index (κ2) is 6.76. The highest BCUT2D eigenvalue weighted by atomic mass is 16.5. The van der Waals surface area contributed by atoms with Crippen LogP contribution in [0.15, 0.2) is 24.3 Å². The van der Waals surface area contributed by atoms with E-state index in [1.165, 1.54) is 5.56 Å². The van der Waals surface area contributed by atoms with Gasteiger partial charge in [0.1, 0.15) is 12.5 Å². The van der Waals surface area contributed by atoms with Gasteiger partial charge in [0.15, 0.2) is 0 Å². The first kappa shape index (κ1) is 13.4. The van der Waals surface area contributed by atoms with E-state index in [-0.39, 0.29) is 0 Å². The fourth-order valence-corrected chi connectivity index (χ4v) is 2.63. The number of benzene rings is 1. The molecule has 0 bridgehead atoms. The van der Waals surface area contributed by atoms with Gasteiger partial charge in [0.05, 0.1) is 0 Å². The SMILES string of the molecule is CC[C@H]1c2ccccc2OCN1CCCCCO. The first-order valence-corrected chi connectivity index (χ1v) is 6.93. The van der Waals surface area contributed by atoms with Crippen molar-refractivity contribution in [3.8, 4) is 5.75 Å². The highest BCUT2D eigenvalue weighted by Gasteiger charge is 2.26. The van der Waals surface area contributed by atoms with E-state index < -0.39 is 0 Å². The third-order valence-electron chi connectivity index (χ3n) is 3.59. The summed E-state index contributed by atoms with van der Waals surface area (Å²) in [6, 6.07) is 8.82. The van der Waals surface area contributed by atoms with Crippen molar-refractivity contribution in [1.29, 1.82) is 0 Å². The average molecular weight is 249 g/mol. The Morgan fingerprint density at radius 1 is 1.28 bits per heavy atom. The van der Waals surface area contributed by atoms with Crippen molar-refractivity contribution in [2.45, 2.75) is 38.6 Å². The molecule has 0 amide bonds. The Morgan fingerprint density at radius 3 is 2.89 bits per heavy atom. The third-order valence-corrected chi connectivity index (χ3v) is 3.59. The van der Waals surface area contributed by atoms with Crippen molar-refractivity contribution in [1.82, 2.24) is 4.90 Å². The molecule has 1 aromatic carbocycles. The molecule has 1 heterocycles. The minimum Gasteiger partial charge on any atom is -0.478 e. The summed E-state index contributed by atoms with van der Waals surface area (Å²) in [4.78, 5) is 2.40. The predicted octanol–water partition coefficient (Wildman–Crippen LogP) is 2.95. The molecular weight excluding hydrogens is 226 g/mol. The van der Waals surface area contributed by atoms with Gasteiger partial charge in [-0.2, -0.15) is 0 Å². The zero-order chi connectivity index (χ0) is 12.8. The molecule has 1 aliphatic heterocycles. The van der Waals surface area contributed by atoms with Crippen molar-refractivity contribution in [3.63, 3.8) is 0 Å². The lowest BCUT2D eigenvalue weighted by atomic mass is 10.0. The van der Waals surface area contributed by atoms with Crippen molar-refractivity contribution < 1.29 is 9.84 Å². The van der Waals surface area contributed by atoms with Gasteiger partial charge in [0.25, 0.3) is 0 Å². The summed E-state index contributed by atoms with van der Waals surface area (Å²) in [6.45, 7) is 4.27. The number of hydrogen-bond donors (Lipinski definition) is 1. The first-order chi connectivity index (χ1) is 8.86. The van der Waals surface area contributed by atoms with Gasteiger partial charge in [0, 0.05) is 24.8 Å². The summed E-state index contributed by atoms with van der Waals surface area (Å²) in [5.41, 5.74) is 1.31. The van der Waals surface area contributed by atoms with Gasteiger partial charge in [-0.05, 0) is 31.7 Å². The molecule has 1 aromatic rings. The van der Waals surface area contributed by atoms with Crippen LogP contribution < -0.4 is 4.74 Å². The Hall–Kier alpha value is -1.06. The van der Waals surface area contributed by atoms with Crippen LogP contribution in [0.5, 0.6) is 5.75 Å². The molecule has 1 aliphatic rings. The monoisotopic (exact) mass is 249 g/mol. The van der Waals surface area contributed by atoms with Crippen LogP contribution in [0.4, 0.5) is 0 Å². The molecule has 0 aliphatic carbocycles. The van der Waals surface area contributed by atoms with Gasteiger partial charge in [-0.25, -0.2) is 0 Å². The highest BCUT2D eigenvalue weighted by molar-refractivity contribution is 5.37. The van der Waals surface area contributed by atoms with Crippen molar-refractivity contribution in [2.24, 2.45) is 0 Å². The Kier molecular flexibility index (Phi) is 5.02. The van der Waals surface area contributed by atoms with Gasteiger partial charge in [-0.1, -0.05) is 25.1 Å². The van der Waals surface area contributed by atoms with E-state index in [1.807, 2.05) is 6.07 Å². The van der Waals surface area contributed by atoms with E-state index in [2.05, 4.69) is 30.0 Å². The van der Waals surface area contributed by atoms with E-state index in [4.69, 9.17) is 9.84 Å². The van der Waals surface area contributed by atoms with Crippen LogP contribution in [0.25, 0.3) is 0 Å². The van der Waals surface area contributed by atoms with Crippen molar-refractivity contribution in [2.75, 3.05) is 19.9 Å². The number of aliphatic hydroxyl groups excluding tert-OH is 1. The van der Waals surface area contributed by atoms with Crippen LogP contribution in [0.3, 0.4) is 0 Å². The minimum atomic E-state index is 0.302. The quantitative estimate of drug-likeness (QED) is 0.787. The number of aliphatic hydroxyl groups is 1. The van der Waals surface area contributed by atoms with E-state index >= 15 is 0 Å². The summed E-state index contributed by atoms with van der Waals surface area (Å²) < 4.78 is 5.80. The molecule has 3 heteroatoms. The van der Waals surface area contributed by atoms with Gasteiger partial charge < -0.3 is 9.84 Å². The maximum atomic E-state index is 8.79. The van der Waals surface area contributed by atoms with E-state index in [0.717, 1.165) is 38.0 Å². The average Bonchev–Trinajstić information content (AvgIpc) is 2.43. The Morgan fingerprint density at radius 2 is 2.11 bits per heavy atom. The molecule has 0 aromatic heterocycles. The Balaban J connectivity index is 1.97. The molecular formula is C15H23NO2. The molecule has 100 valence electrons. The summed E-state index contributed by atoms with van der Waals surface area (Å²) in [7, 11) is 0.